The van der Waals surface area contributed by atoms with Gasteiger partial charge >= 0.3 is 11.9 Å². The van der Waals surface area contributed by atoms with E-state index in [1.807, 2.05) is 36.4 Å². The van der Waals surface area contributed by atoms with Crippen molar-refractivity contribution < 1.29 is 68.8 Å². The SMILES string of the molecule is CCOC(=O)/C(=C\N(C)C)C(=O)c1c(F)c(F)c(F)c(F)c1F.CCOC(=O)c1cn2c3c(c(F)c(F)c(F)c3c1=O)Oc1cc3ccccc3cc1-2.Nc1cc2ccccc2cc1O. The van der Waals surface area contributed by atoms with E-state index >= 15 is 0 Å². The lowest BCUT2D eigenvalue weighted by Crippen LogP contribution is -2.24. The van der Waals surface area contributed by atoms with Gasteiger partial charge in [-0.25, -0.2) is 40.3 Å². The number of pyridine rings is 1. The molecule has 0 atom stereocenters. The number of aromatic hydroxyl groups is 1. The molecule has 336 valence electrons. The summed E-state index contributed by atoms with van der Waals surface area (Å²) in [5, 5.41) is 12.1. The topological polar surface area (TPSA) is 150 Å². The Bertz CT molecular complexity index is 3120. The zero-order chi connectivity index (χ0) is 47.6. The number of hydrogen-bond acceptors (Lipinski definition) is 10. The zero-order valence-corrected chi connectivity index (χ0v) is 34.3. The number of esters is 2. The number of fused-ring (bicyclic) bond motifs is 4. The lowest BCUT2D eigenvalue weighted by molar-refractivity contribution is -0.138. The highest BCUT2D eigenvalue weighted by Crippen LogP contribution is 2.44. The highest BCUT2D eigenvalue weighted by molar-refractivity contribution is 6.24. The molecular formula is C46H33F8N3O8. The van der Waals surface area contributed by atoms with Gasteiger partial charge in [-0.3, -0.25) is 9.59 Å². The van der Waals surface area contributed by atoms with E-state index < -0.39 is 97.5 Å². The molecule has 0 radical (unpaired) electrons. The monoisotopic (exact) mass is 907 g/mol. The number of nitrogens with two attached hydrogens (primary N) is 1. The molecule has 0 unspecified atom stereocenters. The molecule has 7 aromatic rings. The van der Waals surface area contributed by atoms with Crippen LogP contribution in [0.2, 0.25) is 0 Å². The van der Waals surface area contributed by atoms with Crippen LogP contribution in [-0.4, -0.2) is 59.6 Å². The number of hydrogen-bond donors (Lipinski definition) is 2. The van der Waals surface area contributed by atoms with Gasteiger partial charge in [0, 0.05) is 26.5 Å². The Kier molecular flexibility index (Phi) is 13.5. The maximum atomic E-state index is 14.7. The summed E-state index contributed by atoms with van der Waals surface area (Å²) in [6, 6.07) is 21.8. The highest BCUT2D eigenvalue weighted by Gasteiger charge is 2.35. The van der Waals surface area contributed by atoms with Gasteiger partial charge in [-0.05, 0) is 59.7 Å². The third-order valence-corrected chi connectivity index (χ3v) is 9.48. The maximum Gasteiger partial charge on any atom is 0.343 e. The number of rotatable bonds is 7. The minimum Gasteiger partial charge on any atom is -0.506 e. The number of nitrogen functional groups attached to an aromatic ring is 1. The number of aromatic nitrogens is 1. The number of halogens is 8. The van der Waals surface area contributed by atoms with Gasteiger partial charge in [0.1, 0.15) is 28.0 Å². The molecule has 19 heteroatoms. The van der Waals surface area contributed by atoms with E-state index in [0.29, 0.717) is 11.4 Å². The average Bonchev–Trinajstić information content (AvgIpc) is 3.28. The average molecular weight is 908 g/mol. The third-order valence-electron chi connectivity index (χ3n) is 9.48. The predicted molar refractivity (Wildman–Crippen MR) is 222 cm³/mol. The molecule has 0 bridgehead atoms. The first-order chi connectivity index (χ1) is 30.8. The van der Waals surface area contributed by atoms with Crippen molar-refractivity contribution in [3.8, 4) is 22.9 Å². The Hall–Kier alpha value is -7.96. The number of benzene rings is 6. The molecule has 11 nitrogen and oxygen atoms in total. The van der Waals surface area contributed by atoms with Crippen LogP contribution < -0.4 is 15.9 Å². The number of ether oxygens (including phenoxy) is 3. The van der Waals surface area contributed by atoms with Crippen molar-refractivity contribution in [3.63, 3.8) is 0 Å². The number of phenols is 1. The summed E-state index contributed by atoms with van der Waals surface area (Å²) in [7, 11) is 2.76. The molecule has 1 aromatic heterocycles. The Morgan fingerprint density at radius 1 is 0.723 bits per heavy atom. The van der Waals surface area contributed by atoms with Crippen LogP contribution in [0.1, 0.15) is 34.6 Å². The quantitative estimate of drug-likeness (QED) is 0.0151. The number of phenolic OH excluding ortho intramolecular Hbond substituents is 1. The van der Waals surface area contributed by atoms with E-state index in [9.17, 15) is 59.4 Å². The molecule has 0 amide bonds. The van der Waals surface area contributed by atoms with Crippen molar-refractivity contribution in [3.05, 3.63) is 159 Å². The van der Waals surface area contributed by atoms with E-state index in [2.05, 4.69) is 4.74 Å². The van der Waals surface area contributed by atoms with Crippen LogP contribution in [0.3, 0.4) is 0 Å². The minimum absolute atomic E-state index is 0.0217. The molecule has 0 saturated heterocycles. The number of carbonyl (C=O) groups is 3. The summed E-state index contributed by atoms with van der Waals surface area (Å²) < 4.78 is 126. The Labute approximate surface area is 362 Å². The predicted octanol–water partition coefficient (Wildman–Crippen LogP) is 9.54. The molecular weight excluding hydrogens is 875 g/mol. The second kappa shape index (κ2) is 18.8. The molecule has 0 saturated carbocycles. The second-order valence-corrected chi connectivity index (χ2v) is 14.0. The lowest BCUT2D eigenvalue weighted by Gasteiger charge is -2.25. The Balaban J connectivity index is 0.000000176. The lowest BCUT2D eigenvalue weighted by atomic mass is 10.0. The number of carbonyl (C=O) groups excluding carboxylic acids is 3. The fraction of sp³-hybridized carbons (Fsp3) is 0.130. The Morgan fingerprint density at radius 2 is 1.23 bits per heavy atom. The van der Waals surface area contributed by atoms with E-state index in [1.165, 1.54) is 30.5 Å². The first-order valence-electron chi connectivity index (χ1n) is 19.0. The van der Waals surface area contributed by atoms with E-state index in [4.69, 9.17) is 15.2 Å². The summed E-state index contributed by atoms with van der Waals surface area (Å²) in [5.74, 6) is -20.9. The summed E-state index contributed by atoms with van der Waals surface area (Å²) in [5.41, 5.74) is 1.80. The van der Waals surface area contributed by atoms with Gasteiger partial charge in [0.25, 0.3) is 0 Å². The molecule has 1 aliphatic heterocycles. The summed E-state index contributed by atoms with van der Waals surface area (Å²) in [6.45, 7) is 2.78. The van der Waals surface area contributed by atoms with Gasteiger partial charge in [0.05, 0.1) is 30.0 Å². The highest BCUT2D eigenvalue weighted by atomic mass is 19.2. The van der Waals surface area contributed by atoms with Gasteiger partial charge in [0.15, 0.2) is 46.4 Å². The van der Waals surface area contributed by atoms with Crippen LogP contribution in [0, 0.1) is 46.5 Å². The molecule has 3 N–H and O–H groups in total. The van der Waals surface area contributed by atoms with Crippen molar-refractivity contribution >= 4 is 55.9 Å². The summed E-state index contributed by atoms with van der Waals surface area (Å²) >= 11 is 0. The molecule has 1 aliphatic rings. The van der Waals surface area contributed by atoms with Crippen molar-refractivity contribution in [2.24, 2.45) is 0 Å². The van der Waals surface area contributed by atoms with E-state index in [-0.39, 0.29) is 30.2 Å². The van der Waals surface area contributed by atoms with Crippen molar-refractivity contribution in [1.29, 1.82) is 0 Å². The molecule has 0 fully saturated rings. The van der Waals surface area contributed by atoms with Crippen LogP contribution in [-0.2, 0) is 14.3 Å². The normalized spacial score (nSPS) is 11.5. The van der Waals surface area contributed by atoms with Gasteiger partial charge in [-0.2, -0.15) is 4.39 Å². The Morgan fingerprint density at radius 3 is 1.78 bits per heavy atom. The fourth-order valence-corrected chi connectivity index (χ4v) is 6.53. The minimum atomic E-state index is -2.40. The number of ketones is 1. The molecule has 0 spiro atoms. The number of Topliss-reactive ketones (excluding diaryl/α,β-unsaturated/α-hetero) is 1. The van der Waals surface area contributed by atoms with Gasteiger partial charge in [0.2, 0.25) is 22.8 Å². The van der Waals surface area contributed by atoms with Gasteiger partial charge < -0.3 is 34.5 Å². The smallest absolute Gasteiger partial charge is 0.343 e. The summed E-state index contributed by atoms with van der Waals surface area (Å²) in [6.07, 6.45) is 2.00. The molecule has 8 rings (SSSR count). The maximum absolute atomic E-state index is 14.7. The third kappa shape index (κ3) is 8.84. The van der Waals surface area contributed by atoms with Crippen LogP contribution >= 0.6 is 0 Å². The van der Waals surface area contributed by atoms with Gasteiger partial charge in [-0.15, -0.1) is 0 Å². The fourth-order valence-electron chi connectivity index (χ4n) is 6.53. The van der Waals surface area contributed by atoms with Crippen LogP contribution in [0.25, 0.3) is 38.1 Å². The molecule has 2 heterocycles. The molecule has 6 aromatic carbocycles. The van der Waals surface area contributed by atoms with Gasteiger partial charge in [-0.1, -0.05) is 48.5 Å². The van der Waals surface area contributed by atoms with Crippen molar-refractivity contribution in [2.75, 3.05) is 33.0 Å². The van der Waals surface area contributed by atoms with Crippen LogP contribution in [0.5, 0.6) is 17.2 Å². The van der Waals surface area contributed by atoms with Crippen molar-refractivity contribution in [2.45, 2.75) is 13.8 Å². The zero-order valence-electron chi connectivity index (χ0n) is 34.3. The first kappa shape index (κ1) is 46.5. The largest absolute Gasteiger partial charge is 0.506 e. The molecule has 65 heavy (non-hydrogen) atoms. The second-order valence-electron chi connectivity index (χ2n) is 14.0. The standard InChI is InChI=1S/C22H12F3NO4.C14H12F5NO3.C10H9NO/c1-2-29-22(28)12-9-26-13-7-10-5-3-4-6-11(10)8-14(13)30-21-18(25)17(24)16(23)15(19(21)26)20(12)27;1-4-23-14(22)6(5-20(2)3)13(21)7-8(15)10(17)12(19)11(18)9(7)16;11-9-5-7-3-1-2-4-8(7)6-10(9)12/h3-9H,2H2,1H3;5H,4H2,1-3H3;1-6,12H,11H2/b;6-5-;. The van der Waals surface area contributed by atoms with E-state index in [1.54, 1.807) is 43.3 Å². The molecule has 0 aliphatic carbocycles. The van der Waals surface area contributed by atoms with Crippen molar-refractivity contribution in [1.82, 2.24) is 9.47 Å². The van der Waals surface area contributed by atoms with Crippen LogP contribution in [0.4, 0.5) is 40.8 Å². The van der Waals surface area contributed by atoms with Crippen LogP contribution in [0.15, 0.2) is 95.6 Å². The first-order valence-corrected chi connectivity index (χ1v) is 19.0. The summed E-state index contributed by atoms with van der Waals surface area (Å²) in [4.78, 5) is 50.1. The van der Waals surface area contributed by atoms with E-state index in [0.717, 1.165) is 33.9 Å². The number of nitrogens with zero attached hydrogens (tertiary/aromatic N) is 2. The number of anilines is 1.